The van der Waals surface area contributed by atoms with Gasteiger partial charge in [-0.15, -0.1) is 0 Å². The molecule has 1 N–H and O–H groups in total. The number of hydrogen-bond donors (Lipinski definition) is 1. The molecule has 0 atom stereocenters. The largest absolute Gasteiger partial charge is 0.335 e. The molecule has 0 saturated carbocycles. The molecule has 1 saturated heterocycles. The standard InChI is InChI=1S/C14H12N4O3/c19-12-6-13(20)18(14(21)16-12)11-7-15-17(9-11)8-10-4-2-1-3-5-10/h1-5,7,9H,6,8H2,(H,16,19,21). The fourth-order valence-electron chi connectivity index (χ4n) is 2.14. The molecule has 1 aromatic carbocycles. The number of carbonyl (C=O) groups is 3. The van der Waals surface area contributed by atoms with Crippen molar-refractivity contribution in [2.75, 3.05) is 4.90 Å². The molecule has 0 unspecified atom stereocenters. The number of carbonyl (C=O) groups excluding carboxylic acids is 3. The normalized spacial score (nSPS) is 15.2. The first kappa shape index (κ1) is 13.0. The monoisotopic (exact) mass is 284 g/mol. The van der Waals surface area contributed by atoms with Crippen LogP contribution in [0, 0.1) is 0 Å². The number of urea groups is 1. The van der Waals surface area contributed by atoms with Gasteiger partial charge in [0.15, 0.2) is 0 Å². The fraction of sp³-hybridized carbons (Fsp3) is 0.143. The van der Waals surface area contributed by atoms with Crippen LogP contribution in [0.5, 0.6) is 0 Å². The van der Waals surface area contributed by atoms with Gasteiger partial charge >= 0.3 is 6.03 Å². The number of benzene rings is 1. The predicted octanol–water partition coefficient (Wildman–Crippen LogP) is 0.904. The number of anilines is 1. The Kier molecular flexibility index (Phi) is 3.23. The van der Waals surface area contributed by atoms with Crippen molar-refractivity contribution in [3.63, 3.8) is 0 Å². The second-order valence-corrected chi connectivity index (χ2v) is 4.64. The summed E-state index contributed by atoms with van der Waals surface area (Å²) in [4.78, 5) is 35.5. The maximum atomic E-state index is 11.8. The van der Waals surface area contributed by atoms with E-state index in [4.69, 9.17) is 0 Å². The second-order valence-electron chi connectivity index (χ2n) is 4.64. The van der Waals surface area contributed by atoms with Crippen molar-refractivity contribution in [2.45, 2.75) is 13.0 Å². The fourth-order valence-corrected chi connectivity index (χ4v) is 2.14. The van der Waals surface area contributed by atoms with Gasteiger partial charge < -0.3 is 0 Å². The van der Waals surface area contributed by atoms with Gasteiger partial charge in [0.25, 0.3) is 0 Å². The molecular weight excluding hydrogens is 272 g/mol. The lowest BCUT2D eigenvalue weighted by atomic mass is 10.2. The van der Waals surface area contributed by atoms with Gasteiger partial charge in [0.1, 0.15) is 6.42 Å². The van der Waals surface area contributed by atoms with Crippen molar-refractivity contribution < 1.29 is 14.4 Å². The van der Waals surface area contributed by atoms with Crippen LogP contribution in [-0.2, 0) is 16.1 Å². The molecule has 0 aliphatic carbocycles. The van der Waals surface area contributed by atoms with E-state index in [1.165, 1.54) is 6.20 Å². The molecule has 0 radical (unpaired) electrons. The Morgan fingerprint density at radius 2 is 1.90 bits per heavy atom. The van der Waals surface area contributed by atoms with Crippen molar-refractivity contribution in [1.82, 2.24) is 15.1 Å². The lowest BCUT2D eigenvalue weighted by molar-refractivity contribution is -0.128. The van der Waals surface area contributed by atoms with Crippen molar-refractivity contribution in [1.29, 1.82) is 0 Å². The molecule has 4 amide bonds. The first-order valence-corrected chi connectivity index (χ1v) is 6.36. The number of nitrogens with zero attached hydrogens (tertiary/aromatic N) is 3. The third kappa shape index (κ3) is 2.66. The van der Waals surface area contributed by atoms with Crippen molar-refractivity contribution in [3.8, 4) is 0 Å². The molecule has 2 aromatic rings. The molecule has 3 rings (SSSR count). The molecule has 0 bridgehead atoms. The van der Waals surface area contributed by atoms with E-state index in [9.17, 15) is 14.4 Å². The molecule has 106 valence electrons. The molecule has 2 heterocycles. The average Bonchev–Trinajstić information content (AvgIpc) is 2.87. The van der Waals surface area contributed by atoms with E-state index in [0.29, 0.717) is 12.2 Å². The summed E-state index contributed by atoms with van der Waals surface area (Å²) in [5.41, 5.74) is 1.40. The van der Waals surface area contributed by atoms with Crippen LogP contribution in [-0.4, -0.2) is 27.6 Å². The summed E-state index contributed by atoms with van der Waals surface area (Å²) in [7, 11) is 0. The summed E-state index contributed by atoms with van der Waals surface area (Å²) in [6, 6.07) is 8.94. The minimum atomic E-state index is -0.740. The quantitative estimate of drug-likeness (QED) is 0.849. The van der Waals surface area contributed by atoms with Crippen LogP contribution < -0.4 is 10.2 Å². The maximum absolute atomic E-state index is 11.8. The summed E-state index contributed by atoms with van der Waals surface area (Å²) < 4.78 is 1.63. The zero-order chi connectivity index (χ0) is 14.8. The summed E-state index contributed by atoms with van der Waals surface area (Å²) in [5.74, 6) is -1.14. The van der Waals surface area contributed by atoms with Crippen molar-refractivity contribution >= 4 is 23.5 Å². The summed E-state index contributed by atoms with van der Waals surface area (Å²) in [5, 5.41) is 6.24. The van der Waals surface area contributed by atoms with Gasteiger partial charge in [-0.1, -0.05) is 30.3 Å². The number of nitrogens with one attached hydrogen (secondary N) is 1. The van der Waals surface area contributed by atoms with E-state index >= 15 is 0 Å². The summed E-state index contributed by atoms with van der Waals surface area (Å²) in [6.45, 7) is 0.531. The SMILES string of the molecule is O=C1CC(=O)N(c2cnn(Cc3ccccc3)c2)C(=O)N1. The highest BCUT2D eigenvalue weighted by Crippen LogP contribution is 2.17. The summed E-state index contributed by atoms with van der Waals surface area (Å²) in [6.07, 6.45) is 2.69. The number of aromatic nitrogens is 2. The Hall–Kier alpha value is -2.96. The molecule has 7 heteroatoms. The minimum Gasteiger partial charge on any atom is -0.277 e. The Morgan fingerprint density at radius 1 is 1.14 bits per heavy atom. The topological polar surface area (TPSA) is 84.3 Å². The van der Waals surface area contributed by atoms with Crippen LogP contribution >= 0.6 is 0 Å². The van der Waals surface area contributed by atoms with E-state index in [0.717, 1.165) is 10.5 Å². The maximum Gasteiger partial charge on any atom is 0.335 e. The Labute approximate surface area is 120 Å². The van der Waals surface area contributed by atoms with Gasteiger partial charge in [0.2, 0.25) is 11.8 Å². The van der Waals surface area contributed by atoms with E-state index in [1.807, 2.05) is 30.3 Å². The van der Waals surface area contributed by atoms with Crippen LogP contribution in [0.2, 0.25) is 0 Å². The highest BCUT2D eigenvalue weighted by molar-refractivity contribution is 6.26. The molecule has 1 aromatic heterocycles. The molecule has 0 spiro atoms. The number of hydrogen-bond acceptors (Lipinski definition) is 4. The van der Waals surface area contributed by atoms with E-state index in [-0.39, 0.29) is 6.42 Å². The third-order valence-corrected chi connectivity index (χ3v) is 3.08. The molecule has 1 fully saturated rings. The zero-order valence-electron chi connectivity index (χ0n) is 11.0. The Morgan fingerprint density at radius 3 is 2.62 bits per heavy atom. The first-order valence-electron chi connectivity index (χ1n) is 6.36. The van der Waals surface area contributed by atoms with Crippen LogP contribution in [0.1, 0.15) is 12.0 Å². The van der Waals surface area contributed by atoms with Gasteiger partial charge in [0.05, 0.1) is 18.4 Å². The van der Waals surface area contributed by atoms with Crippen LogP contribution in [0.25, 0.3) is 0 Å². The molecule has 21 heavy (non-hydrogen) atoms. The van der Waals surface area contributed by atoms with Crippen LogP contribution in [0.4, 0.5) is 10.5 Å². The molecule has 7 nitrogen and oxygen atoms in total. The van der Waals surface area contributed by atoms with Crippen molar-refractivity contribution in [2.24, 2.45) is 0 Å². The lowest BCUT2D eigenvalue weighted by Gasteiger charge is -2.22. The number of rotatable bonds is 3. The first-order chi connectivity index (χ1) is 10.1. The van der Waals surface area contributed by atoms with Gasteiger partial charge in [-0.05, 0) is 5.56 Å². The van der Waals surface area contributed by atoms with Crippen molar-refractivity contribution in [3.05, 3.63) is 48.3 Å². The minimum absolute atomic E-state index is 0.338. The third-order valence-electron chi connectivity index (χ3n) is 3.08. The van der Waals surface area contributed by atoms with Crippen LogP contribution in [0.3, 0.4) is 0 Å². The highest BCUT2D eigenvalue weighted by Gasteiger charge is 2.32. The van der Waals surface area contributed by atoms with Gasteiger partial charge in [0, 0.05) is 6.20 Å². The molecule has 1 aliphatic heterocycles. The number of amides is 4. The van der Waals surface area contributed by atoms with Gasteiger partial charge in [-0.2, -0.15) is 5.10 Å². The van der Waals surface area contributed by atoms with Gasteiger partial charge in [-0.25, -0.2) is 9.69 Å². The van der Waals surface area contributed by atoms with E-state index < -0.39 is 17.8 Å². The average molecular weight is 284 g/mol. The highest BCUT2D eigenvalue weighted by atomic mass is 16.2. The molecular formula is C14H12N4O3. The Balaban J connectivity index is 1.80. The smallest absolute Gasteiger partial charge is 0.277 e. The van der Waals surface area contributed by atoms with E-state index in [2.05, 4.69) is 10.4 Å². The second kappa shape index (κ2) is 5.20. The number of imide groups is 2. The zero-order valence-corrected chi connectivity index (χ0v) is 11.0. The molecule has 1 aliphatic rings. The summed E-state index contributed by atoms with van der Waals surface area (Å²) >= 11 is 0. The Bertz CT molecular complexity index is 688. The van der Waals surface area contributed by atoms with Gasteiger partial charge in [-0.3, -0.25) is 19.6 Å². The number of barbiturate groups is 1. The lowest BCUT2D eigenvalue weighted by Crippen LogP contribution is -2.52. The van der Waals surface area contributed by atoms with Crippen LogP contribution in [0.15, 0.2) is 42.7 Å². The predicted molar refractivity (Wildman–Crippen MR) is 73.4 cm³/mol. The van der Waals surface area contributed by atoms with E-state index in [1.54, 1.807) is 10.9 Å².